The van der Waals surface area contributed by atoms with Crippen LogP contribution in [0.1, 0.15) is 0 Å². The number of benzene rings is 8. The van der Waals surface area contributed by atoms with Crippen molar-refractivity contribution in [3.8, 4) is 33.4 Å². The molecule has 0 amide bonds. The van der Waals surface area contributed by atoms with E-state index in [9.17, 15) is 0 Å². The monoisotopic (exact) mass is 629 g/mol. The Hall–Kier alpha value is -5.96. The molecule has 0 spiro atoms. The van der Waals surface area contributed by atoms with Crippen LogP contribution in [0.25, 0.3) is 64.3 Å². The Morgan fingerprint density at radius 1 is 0.333 bits per heavy atom. The molecule has 0 N–H and O–H groups in total. The molecule has 0 saturated heterocycles. The second kappa shape index (κ2) is 12.0. The number of hydrogen-bond acceptors (Lipinski definition) is 2. The summed E-state index contributed by atoms with van der Waals surface area (Å²) in [4.78, 5) is 2.45. The second-order valence-electron chi connectivity index (χ2n) is 12.2. The summed E-state index contributed by atoms with van der Waals surface area (Å²) in [5, 5.41) is 5.02. The van der Waals surface area contributed by atoms with Gasteiger partial charge in [0.05, 0.1) is 11.4 Å². The summed E-state index contributed by atoms with van der Waals surface area (Å²) in [5.74, 6) is 0. The van der Waals surface area contributed by atoms with Crippen molar-refractivity contribution in [3.05, 3.63) is 188 Å². The molecule has 0 fully saturated rings. The molecule has 0 unspecified atom stereocenters. The molecule has 8 aromatic carbocycles. The highest BCUT2D eigenvalue weighted by molar-refractivity contribution is 7.26. The van der Waals surface area contributed by atoms with Crippen LogP contribution in [0.5, 0.6) is 0 Å². The van der Waals surface area contributed by atoms with Gasteiger partial charge in [-0.25, -0.2) is 0 Å². The van der Waals surface area contributed by atoms with Gasteiger partial charge in [-0.15, -0.1) is 11.3 Å². The minimum absolute atomic E-state index is 1.13. The quantitative estimate of drug-likeness (QED) is 0.177. The van der Waals surface area contributed by atoms with Gasteiger partial charge in [-0.05, 0) is 75.2 Å². The van der Waals surface area contributed by atoms with E-state index in [1.54, 1.807) is 0 Å². The van der Waals surface area contributed by atoms with Gasteiger partial charge in [-0.3, -0.25) is 0 Å². The Morgan fingerprint density at radius 3 is 1.56 bits per heavy atom. The molecule has 2 heteroatoms. The number of anilines is 3. The van der Waals surface area contributed by atoms with E-state index >= 15 is 0 Å². The van der Waals surface area contributed by atoms with Crippen molar-refractivity contribution in [3.63, 3.8) is 0 Å². The zero-order valence-electron chi connectivity index (χ0n) is 26.3. The SMILES string of the molecule is c1ccc(-c2ccc(-c3ccc(N(c4cccc5ccccc45)c4cccc5sc6cc(-c7ccccc7)ccc6c45)cc3)cc2)cc1. The molecule has 226 valence electrons. The first kappa shape index (κ1) is 28.3. The lowest BCUT2D eigenvalue weighted by atomic mass is 9.99. The maximum absolute atomic E-state index is 2.45. The third-order valence-electron chi connectivity index (χ3n) is 9.28. The van der Waals surface area contributed by atoms with Crippen molar-refractivity contribution in [2.45, 2.75) is 0 Å². The van der Waals surface area contributed by atoms with Gasteiger partial charge < -0.3 is 4.90 Å². The summed E-state index contributed by atoms with van der Waals surface area (Å²) in [5.41, 5.74) is 10.8. The molecular weight excluding hydrogens is 599 g/mol. The fourth-order valence-electron chi connectivity index (χ4n) is 6.90. The Balaban J connectivity index is 1.19. The van der Waals surface area contributed by atoms with Gasteiger partial charge in [-0.2, -0.15) is 0 Å². The predicted octanol–water partition coefficient (Wildman–Crippen LogP) is 13.7. The van der Waals surface area contributed by atoms with Crippen LogP contribution in [-0.2, 0) is 0 Å². The van der Waals surface area contributed by atoms with Crippen molar-refractivity contribution in [2.75, 3.05) is 4.90 Å². The van der Waals surface area contributed by atoms with Crippen LogP contribution in [0.3, 0.4) is 0 Å². The molecule has 0 atom stereocenters. The maximum Gasteiger partial charge on any atom is 0.0555 e. The van der Waals surface area contributed by atoms with Gasteiger partial charge in [0, 0.05) is 31.2 Å². The zero-order chi connectivity index (χ0) is 31.9. The molecule has 48 heavy (non-hydrogen) atoms. The molecule has 0 aliphatic rings. The minimum atomic E-state index is 1.13. The summed E-state index contributed by atoms with van der Waals surface area (Å²) in [6.07, 6.45) is 0. The van der Waals surface area contributed by atoms with Crippen LogP contribution in [0.4, 0.5) is 17.1 Å². The first-order valence-electron chi connectivity index (χ1n) is 16.3. The van der Waals surface area contributed by atoms with Crippen molar-refractivity contribution >= 4 is 59.3 Å². The van der Waals surface area contributed by atoms with Gasteiger partial charge in [0.2, 0.25) is 0 Å². The smallest absolute Gasteiger partial charge is 0.0555 e. The lowest BCUT2D eigenvalue weighted by Gasteiger charge is -2.28. The van der Waals surface area contributed by atoms with E-state index in [1.807, 2.05) is 11.3 Å². The summed E-state index contributed by atoms with van der Waals surface area (Å²) in [6, 6.07) is 68.1. The molecule has 0 radical (unpaired) electrons. The summed E-state index contributed by atoms with van der Waals surface area (Å²) in [7, 11) is 0. The van der Waals surface area contributed by atoms with E-state index in [0.29, 0.717) is 0 Å². The molecule has 1 aromatic heterocycles. The lowest BCUT2D eigenvalue weighted by Crippen LogP contribution is -2.10. The van der Waals surface area contributed by atoms with E-state index in [2.05, 4.69) is 193 Å². The molecule has 0 aliphatic carbocycles. The van der Waals surface area contributed by atoms with E-state index < -0.39 is 0 Å². The normalized spacial score (nSPS) is 11.3. The number of hydrogen-bond donors (Lipinski definition) is 0. The number of nitrogens with zero attached hydrogens (tertiary/aromatic N) is 1. The van der Waals surface area contributed by atoms with Gasteiger partial charge in [-0.1, -0.05) is 152 Å². The largest absolute Gasteiger partial charge is 0.309 e. The topological polar surface area (TPSA) is 3.24 Å². The maximum atomic E-state index is 2.45. The Labute approximate surface area is 284 Å². The molecule has 0 bridgehead atoms. The number of fused-ring (bicyclic) bond motifs is 4. The highest BCUT2D eigenvalue weighted by Crippen LogP contribution is 2.47. The van der Waals surface area contributed by atoms with Gasteiger partial charge in [0.1, 0.15) is 0 Å². The standard InChI is InChI=1S/C46H31NS/c1-3-11-32(12-4-1)34-21-23-35(24-22-34)36-25-28-39(29-26-36)47(42-18-9-16-37-15-7-8-17-40(37)42)43-19-10-20-44-46(43)41-30-27-38(31-45(41)48-44)33-13-5-2-6-14-33/h1-31H. The van der Waals surface area contributed by atoms with Crippen LogP contribution < -0.4 is 4.90 Å². The zero-order valence-corrected chi connectivity index (χ0v) is 27.1. The highest BCUT2D eigenvalue weighted by Gasteiger charge is 2.20. The molecular formula is C46H31NS. The highest BCUT2D eigenvalue weighted by atomic mass is 32.1. The predicted molar refractivity (Wildman–Crippen MR) is 208 cm³/mol. The Bertz CT molecular complexity index is 2530. The fourth-order valence-corrected chi connectivity index (χ4v) is 8.07. The van der Waals surface area contributed by atoms with Crippen LogP contribution in [0, 0.1) is 0 Å². The molecule has 1 nitrogen and oxygen atoms in total. The van der Waals surface area contributed by atoms with Gasteiger partial charge >= 0.3 is 0 Å². The third kappa shape index (κ3) is 5.04. The average Bonchev–Trinajstić information content (AvgIpc) is 3.55. The summed E-state index contributed by atoms with van der Waals surface area (Å²) < 4.78 is 2.58. The van der Waals surface area contributed by atoms with E-state index in [1.165, 1.54) is 75.7 Å². The van der Waals surface area contributed by atoms with Crippen LogP contribution in [0.15, 0.2) is 188 Å². The average molecular weight is 630 g/mol. The molecule has 1 heterocycles. The molecule has 9 rings (SSSR count). The fraction of sp³-hybridized carbons (Fsp3) is 0. The molecule has 9 aromatic rings. The lowest BCUT2D eigenvalue weighted by molar-refractivity contribution is 1.32. The third-order valence-corrected chi connectivity index (χ3v) is 10.4. The van der Waals surface area contributed by atoms with Gasteiger partial charge in [0.15, 0.2) is 0 Å². The number of thiophene rings is 1. The Morgan fingerprint density at radius 2 is 0.854 bits per heavy atom. The van der Waals surface area contributed by atoms with Crippen LogP contribution in [-0.4, -0.2) is 0 Å². The van der Waals surface area contributed by atoms with Crippen molar-refractivity contribution in [1.82, 2.24) is 0 Å². The van der Waals surface area contributed by atoms with Crippen LogP contribution in [0.2, 0.25) is 0 Å². The summed E-state index contributed by atoms with van der Waals surface area (Å²) >= 11 is 1.87. The minimum Gasteiger partial charge on any atom is -0.309 e. The van der Waals surface area contributed by atoms with E-state index in [-0.39, 0.29) is 0 Å². The molecule has 0 aliphatic heterocycles. The van der Waals surface area contributed by atoms with Crippen molar-refractivity contribution in [1.29, 1.82) is 0 Å². The van der Waals surface area contributed by atoms with Crippen LogP contribution >= 0.6 is 11.3 Å². The number of rotatable bonds is 6. The second-order valence-corrected chi connectivity index (χ2v) is 13.2. The van der Waals surface area contributed by atoms with Gasteiger partial charge in [0.25, 0.3) is 0 Å². The summed E-state index contributed by atoms with van der Waals surface area (Å²) in [6.45, 7) is 0. The molecule has 0 saturated carbocycles. The Kier molecular flexibility index (Phi) is 7.07. The first-order chi connectivity index (χ1) is 23.8. The first-order valence-corrected chi connectivity index (χ1v) is 17.2. The van der Waals surface area contributed by atoms with E-state index in [0.717, 1.165) is 5.69 Å². The van der Waals surface area contributed by atoms with E-state index in [4.69, 9.17) is 0 Å². The van der Waals surface area contributed by atoms with Crippen molar-refractivity contribution in [2.24, 2.45) is 0 Å². The van der Waals surface area contributed by atoms with Crippen molar-refractivity contribution < 1.29 is 0 Å².